The average Bonchev–Trinajstić information content (AvgIpc) is 3.22. The average molecular weight is 330 g/mol. The molecule has 1 aromatic heterocycles. The van der Waals surface area contributed by atoms with E-state index in [1.165, 1.54) is 0 Å². The number of rotatable bonds is 5. The molecule has 0 bridgehead atoms. The van der Waals surface area contributed by atoms with Gasteiger partial charge in [0.15, 0.2) is 0 Å². The van der Waals surface area contributed by atoms with E-state index in [1.807, 2.05) is 41.8 Å². The number of carbonyl (C=O) groups excluding carboxylic acids is 2. The molecule has 0 radical (unpaired) electrons. The highest BCUT2D eigenvalue weighted by atomic mass is 32.1. The number of ether oxygens (including phenoxy) is 1. The van der Waals surface area contributed by atoms with Gasteiger partial charge in [0.05, 0.1) is 25.3 Å². The van der Waals surface area contributed by atoms with Crippen LogP contribution in [0.1, 0.15) is 11.3 Å². The first-order chi connectivity index (χ1) is 11.2. The molecule has 0 aliphatic carbocycles. The number of anilines is 1. The molecule has 5 nitrogen and oxygen atoms in total. The van der Waals surface area contributed by atoms with Gasteiger partial charge in [0.25, 0.3) is 0 Å². The van der Waals surface area contributed by atoms with Crippen molar-refractivity contribution < 1.29 is 14.3 Å². The molecule has 120 valence electrons. The summed E-state index contributed by atoms with van der Waals surface area (Å²) in [7, 11) is 1.57. The SMILES string of the molecule is COc1ccccc1N1CC(C(=O)NCc2cccs2)CC1=O. The van der Waals surface area contributed by atoms with Gasteiger partial charge in [0.1, 0.15) is 5.75 Å². The predicted octanol–water partition coefficient (Wildman–Crippen LogP) is 2.43. The van der Waals surface area contributed by atoms with E-state index < -0.39 is 0 Å². The second-order valence-electron chi connectivity index (χ2n) is 5.37. The molecule has 6 heteroatoms. The Morgan fingerprint density at radius 1 is 1.35 bits per heavy atom. The molecule has 1 aromatic carbocycles. The van der Waals surface area contributed by atoms with Gasteiger partial charge in [-0.05, 0) is 23.6 Å². The van der Waals surface area contributed by atoms with Crippen LogP contribution in [0.5, 0.6) is 5.75 Å². The van der Waals surface area contributed by atoms with Crippen molar-refractivity contribution in [3.05, 3.63) is 46.7 Å². The summed E-state index contributed by atoms with van der Waals surface area (Å²) in [5, 5.41) is 4.89. The highest BCUT2D eigenvalue weighted by Crippen LogP contribution is 2.32. The number of hydrogen-bond acceptors (Lipinski definition) is 4. The molecule has 1 atom stereocenters. The number of benzene rings is 1. The van der Waals surface area contributed by atoms with Crippen molar-refractivity contribution in [1.82, 2.24) is 5.32 Å². The van der Waals surface area contributed by atoms with Gasteiger partial charge in [0, 0.05) is 17.8 Å². The Bertz CT molecular complexity index is 700. The van der Waals surface area contributed by atoms with Crippen LogP contribution in [-0.4, -0.2) is 25.5 Å². The van der Waals surface area contributed by atoms with E-state index in [0.29, 0.717) is 24.5 Å². The van der Waals surface area contributed by atoms with Gasteiger partial charge in [-0.3, -0.25) is 9.59 Å². The zero-order valence-corrected chi connectivity index (χ0v) is 13.6. The summed E-state index contributed by atoms with van der Waals surface area (Å²) in [6.07, 6.45) is 0.230. The largest absolute Gasteiger partial charge is 0.495 e. The third-order valence-corrected chi connectivity index (χ3v) is 4.77. The van der Waals surface area contributed by atoms with Gasteiger partial charge < -0.3 is 15.0 Å². The number of carbonyl (C=O) groups is 2. The number of hydrogen-bond donors (Lipinski definition) is 1. The van der Waals surface area contributed by atoms with Crippen LogP contribution in [0.25, 0.3) is 0 Å². The zero-order valence-electron chi connectivity index (χ0n) is 12.8. The summed E-state index contributed by atoms with van der Waals surface area (Å²) in [5.74, 6) is 0.183. The Labute approximate surface area is 138 Å². The molecule has 23 heavy (non-hydrogen) atoms. The van der Waals surface area contributed by atoms with Crippen molar-refractivity contribution >= 4 is 28.8 Å². The van der Waals surface area contributed by atoms with E-state index in [2.05, 4.69) is 5.32 Å². The lowest BCUT2D eigenvalue weighted by molar-refractivity contribution is -0.126. The molecule has 0 spiro atoms. The minimum atomic E-state index is -0.327. The van der Waals surface area contributed by atoms with Gasteiger partial charge in [-0.1, -0.05) is 18.2 Å². The fraction of sp³-hybridized carbons (Fsp3) is 0.294. The van der Waals surface area contributed by atoms with E-state index in [-0.39, 0.29) is 24.2 Å². The first-order valence-electron chi connectivity index (χ1n) is 7.42. The summed E-state index contributed by atoms with van der Waals surface area (Å²) in [5.41, 5.74) is 0.716. The Morgan fingerprint density at radius 3 is 2.91 bits per heavy atom. The molecule has 0 saturated carbocycles. The van der Waals surface area contributed by atoms with Gasteiger partial charge >= 0.3 is 0 Å². The van der Waals surface area contributed by atoms with E-state index in [4.69, 9.17) is 4.74 Å². The fourth-order valence-corrected chi connectivity index (χ4v) is 3.35. The quantitative estimate of drug-likeness (QED) is 0.916. The topological polar surface area (TPSA) is 58.6 Å². The second-order valence-corrected chi connectivity index (χ2v) is 6.41. The van der Waals surface area contributed by atoms with E-state index in [9.17, 15) is 9.59 Å². The number of nitrogens with zero attached hydrogens (tertiary/aromatic N) is 1. The molecule has 1 aliphatic rings. The minimum absolute atomic E-state index is 0.0502. The number of amides is 2. The lowest BCUT2D eigenvalue weighted by Gasteiger charge is -2.19. The van der Waals surface area contributed by atoms with Crippen LogP contribution in [0.4, 0.5) is 5.69 Å². The molecular weight excluding hydrogens is 312 g/mol. The minimum Gasteiger partial charge on any atom is -0.495 e. The normalized spacial score (nSPS) is 17.3. The van der Waals surface area contributed by atoms with Crippen LogP contribution in [0, 0.1) is 5.92 Å². The smallest absolute Gasteiger partial charge is 0.227 e. The maximum absolute atomic E-state index is 12.3. The summed E-state index contributed by atoms with van der Waals surface area (Å²) in [6.45, 7) is 0.894. The predicted molar refractivity (Wildman–Crippen MR) is 89.6 cm³/mol. The van der Waals surface area contributed by atoms with Crippen LogP contribution in [0.15, 0.2) is 41.8 Å². The van der Waals surface area contributed by atoms with E-state index in [1.54, 1.807) is 23.3 Å². The first-order valence-corrected chi connectivity index (χ1v) is 8.30. The summed E-state index contributed by atoms with van der Waals surface area (Å²) >= 11 is 1.60. The van der Waals surface area contributed by atoms with Crippen LogP contribution >= 0.6 is 11.3 Å². The van der Waals surface area contributed by atoms with Crippen molar-refractivity contribution in [2.45, 2.75) is 13.0 Å². The van der Waals surface area contributed by atoms with E-state index in [0.717, 1.165) is 4.88 Å². The molecule has 1 N–H and O–H groups in total. The maximum atomic E-state index is 12.3. The summed E-state index contributed by atoms with van der Waals surface area (Å²) in [6, 6.07) is 11.3. The van der Waals surface area contributed by atoms with Gasteiger partial charge in [0.2, 0.25) is 11.8 Å². The second kappa shape index (κ2) is 6.83. The zero-order chi connectivity index (χ0) is 16.2. The summed E-state index contributed by atoms with van der Waals surface area (Å²) in [4.78, 5) is 27.3. The maximum Gasteiger partial charge on any atom is 0.227 e. The fourth-order valence-electron chi connectivity index (χ4n) is 2.70. The van der Waals surface area contributed by atoms with Crippen molar-refractivity contribution in [1.29, 1.82) is 0 Å². The molecule has 3 rings (SSSR count). The van der Waals surface area contributed by atoms with Crippen LogP contribution in [0.2, 0.25) is 0 Å². The monoisotopic (exact) mass is 330 g/mol. The standard InChI is InChI=1S/C17H18N2O3S/c1-22-15-7-3-2-6-14(15)19-11-12(9-16(19)20)17(21)18-10-13-5-4-8-23-13/h2-8,12H,9-11H2,1H3,(H,18,21). The Kier molecular flexibility index (Phi) is 4.62. The first kappa shape index (κ1) is 15.6. The Morgan fingerprint density at radius 2 is 2.17 bits per heavy atom. The lowest BCUT2D eigenvalue weighted by Crippen LogP contribution is -2.32. The molecule has 2 heterocycles. The van der Waals surface area contributed by atoms with Crippen LogP contribution in [-0.2, 0) is 16.1 Å². The van der Waals surface area contributed by atoms with Gasteiger partial charge in [-0.2, -0.15) is 0 Å². The van der Waals surface area contributed by atoms with Crippen LogP contribution < -0.4 is 15.0 Å². The molecule has 1 aliphatic heterocycles. The third kappa shape index (κ3) is 3.37. The highest BCUT2D eigenvalue weighted by molar-refractivity contribution is 7.09. The molecule has 2 aromatic rings. The molecule has 1 fully saturated rings. The van der Waals surface area contributed by atoms with Crippen molar-refractivity contribution in [2.24, 2.45) is 5.92 Å². The number of methoxy groups -OCH3 is 1. The Balaban J connectivity index is 1.66. The molecule has 2 amide bonds. The van der Waals surface area contributed by atoms with E-state index >= 15 is 0 Å². The number of nitrogens with one attached hydrogen (secondary N) is 1. The van der Waals surface area contributed by atoms with Crippen molar-refractivity contribution in [3.8, 4) is 5.75 Å². The lowest BCUT2D eigenvalue weighted by atomic mass is 10.1. The van der Waals surface area contributed by atoms with Gasteiger partial charge in [-0.25, -0.2) is 0 Å². The molecule has 1 saturated heterocycles. The number of para-hydroxylation sites is 2. The molecular formula is C17H18N2O3S. The van der Waals surface area contributed by atoms with Crippen molar-refractivity contribution in [3.63, 3.8) is 0 Å². The number of thiophene rings is 1. The van der Waals surface area contributed by atoms with Gasteiger partial charge in [-0.15, -0.1) is 11.3 Å². The highest BCUT2D eigenvalue weighted by Gasteiger charge is 2.36. The van der Waals surface area contributed by atoms with Crippen molar-refractivity contribution in [2.75, 3.05) is 18.6 Å². The van der Waals surface area contributed by atoms with Crippen LogP contribution in [0.3, 0.4) is 0 Å². The third-order valence-electron chi connectivity index (χ3n) is 3.89. The Hall–Kier alpha value is -2.34. The molecule has 1 unspecified atom stereocenters. The summed E-state index contributed by atoms with van der Waals surface area (Å²) < 4.78 is 5.31.